The number of hydrogen-bond acceptors (Lipinski definition) is 7. The molecule has 0 saturated carbocycles. The molecule has 0 aliphatic heterocycles. The highest BCUT2D eigenvalue weighted by Gasteiger charge is 2.31. The average molecular weight is 337 g/mol. The molecule has 0 aliphatic carbocycles. The van der Waals surface area contributed by atoms with Crippen LogP contribution in [0.5, 0.6) is 0 Å². The summed E-state index contributed by atoms with van der Waals surface area (Å²) in [7, 11) is -3.31. The number of rotatable bonds is 7. The molecule has 9 nitrogen and oxygen atoms in total. The maximum atomic E-state index is 12.1. The number of aliphatic carboxylic acids is 2. The normalized spacial score (nSPS) is 12.6. The Hall–Kier alpha value is -1.98. The second-order valence-corrected chi connectivity index (χ2v) is 6.31. The number of hydrogen-bond donors (Lipinski definition) is 3. The van der Waals surface area contributed by atoms with Crippen molar-refractivity contribution in [3.05, 3.63) is 16.3 Å². The van der Waals surface area contributed by atoms with Crippen LogP contribution in [0.3, 0.4) is 0 Å². The summed E-state index contributed by atoms with van der Waals surface area (Å²) in [6.07, 6.45) is -0.938. The fraction of sp³-hybridized carbons (Fsp3) is 0.300. The lowest BCUT2D eigenvalue weighted by molar-refractivity contribution is -0.145. The van der Waals surface area contributed by atoms with E-state index in [-0.39, 0.29) is 4.88 Å². The molecule has 1 rings (SSSR count). The van der Waals surface area contributed by atoms with Gasteiger partial charge in [-0.05, 0) is 11.4 Å². The van der Waals surface area contributed by atoms with E-state index in [1.807, 2.05) is 0 Å². The Kier molecular flexibility index (Phi) is 5.41. The number of carboxylic acids is 2. The van der Waals surface area contributed by atoms with E-state index in [1.54, 1.807) is 4.72 Å². The molecule has 3 N–H and O–H groups in total. The van der Waals surface area contributed by atoms with Gasteiger partial charge in [-0.3, -0.25) is 9.59 Å². The average Bonchev–Trinajstić information content (AvgIpc) is 2.86. The number of ether oxygens (including phenoxy) is 1. The number of methoxy groups -OCH3 is 1. The number of carbonyl (C=O) groups is 3. The summed E-state index contributed by atoms with van der Waals surface area (Å²) in [5.74, 6) is -4.02. The number of esters is 1. The van der Waals surface area contributed by atoms with Crippen molar-refractivity contribution in [3.8, 4) is 0 Å². The van der Waals surface area contributed by atoms with Crippen LogP contribution in [0.2, 0.25) is 0 Å². The fourth-order valence-corrected chi connectivity index (χ4v) is 3.88. The fourth-order valence-electron chi connectivity index (χ4n) is 1.36. The highest BCUT2D eigenvalue weighted by molar-refractivity contribution is 7.89. The molecule has 0 bridgehead atoms. The molecule has 0 saturated heterocycles. The molecule has 116 valence electrons. The van der Waals surface area contributed by atoms with E-state index in [1.165, 1.54) is 5.38 Å². The Labute approximate surface area is 123 Å². The second kappa shape index (κ2) is 6.65. The zero-order valence-electron chi connectivity index (χ0n) is 10.6. The molecule has 0 unspecified atom stereocenters. The van der Waals surface area contributed by atoms with Crippen LogP contribution in [0.1, 0.15) is 16.1 Å². The number of thiophene rings is 1. The Morgan fingerprint density at radius 3 is 2.48 bits per heavy atom. The molecule has 1 heterocycles. The zero-order chi connectivity index (χ0) is 16.2. The molecule has 21 heavy (non-hydrogen) atoms. The van der Waals surface area contributed by atoms with E-state index in [0.29, 0.717) is 0 Å². The predicted octanol–water partition coefficient (Wildman–Crippen LogP) is -0.259. The molecule has 0 spiro atoms. The van der Waals surface area contributed by atoms with E-state index in [4.69, 9.17) is 10.2 Å². The number of carbonyl (C=O) groups excluding carboxylic acids is 1. The van der Waals surface area contributed by atoms with Crippen LogP contribution in [-0.2, 0) is 24.3 Å². The molecule has 0 aliphatic rings. The van der Waals surface area contributed by atoms with Crippen molar-refractivity contribution in [2.45, 2.75) is 17.4 Å². The molecule has 1 atom stereocenters. The minimum atomic E-state index is -4.38. The second-order valence-electron chi connectivity index (χ2n) is 3.72. The largest absolute Gasteiger partial charge is 0.481 e. The van der Waals surface area contributed by atoms with Gasteiger partial charge in [0.25, 0.3) is 0 Å². The highest BCUT2D eigenvalue weighted by Crippen LogP contribution is 2.23. The molecule has 1 aromatic rings. The van der Waals surface area contributed by atoms with Crippen LogP contribution in [0.4, 0.5) is 0 Å². The SMILES string of the molecule is COC(=O)c1sccc1S(=O)(=O)N[C@H](CC(=O)O)C(=O)O. The van der Waals surface area contributed by atoms with Gasteiger partial charge in [-0.2, -0.15) is 4.72 Å². The summed E-state index contributed by atoms with van der Waals surface area (Å²) in [4.78, 5) is 32.1. The van der Waals surface area contributed by atoms with Crippen LogP contribution in [0.25, 0.3) is 0 Å². The summed E-state index contributed by atoms with van der Waals surface area (Å²) in [6, 6.07) is -0.753. The van der Waals surface area contributed by atoms with Crippen LogP contribution < -0.4 is 4.72 Å². The van der Waals surface area contributed by atoms with E-state index in [9.17, 15) is 22.8 Å². The van der Waals surface area contributed by atoms with Crippen molar-refractivity contribution in [3.63, 3.8) is 0 Å². The lowest BCUT2D eigenvalue weighted by atomic mass is 10.2. The van der Waals surface area contributed by atoms with Crippen molar-refractivity contribution in [1.82, 2.24) is 4.72 Å². The summed E-state index contributed by atoms with van der Waals surface area (Å²) in [5.41, 5.74) is 0. The third-order valence-electron chi connectivity index (χ3n) is 2.26. The van der Waals surface area contributed by atoms with Crippen molar-refractivity contribution < 1.29 is 37.8 Å². The Bertz CT molecular complexity index is 662. The molecule has 0 radical (unpaired) electrons. The van der Waals surface area contributed by atoms with Gasteiger partial charge in [-0.15, -0.1) is 11.3 Å². The van der Waals surface area contributed by atoms with Crippen LogP contribution >= 0.6 is 11.3 Å². The summed E-state index contributed by atoms with van der Waals surface area (Å²) in [6.45, 7) is 0. The summed E-state index contributed by atoms with van der Waals surface area (Å²) >= 11 is 0.801. The van der Waals surface area contributed by atoms with Gasteiger partial charge in [0.1, 0.15) is 15.8 Å². The number of carboxylic acid groups (broad SMARTS) is 2. The smallest absolute Gasteiger partial charge is 0.349 e. The monoisotopic (exact) mass is 337 g/mol. The van der Waals surface area contributed by atoms with E-state index < -0.39 is 45.3 Å². The summed E-state index contributed by atoms with van der Waals surface area (Å²) in [5, 5.41) is 18.7. The lowest BCUT2D eigenvalue weighted by Gasteiger charge is -2.12. The molecule has 0 amide bonds. The van der Waals surface area contributed by atoms with Crippen LogP contribution in [0.15, 0.2) is 16.3 Å². The Morgan fingerprint density at radius 1 is 1.38 bits per heavy atom. The third-order valence-corrected chi connectivity index (χ3v) is 4.80. The van der Waals surface area contributed by atoms with Gasteiger partial charge in [0.05, 0.1) is 13.5 Å². The standard InChI is InChI=1S/C10H11NO8S2/c1-19-10(16)8-6(2-3-20-8)21(17,18)11-5(9(14)15)4-7(12)13/h2-3,5,11H,4H2,1H3,(H,12,13)(H,14,15)/t5-/m1/s1. The quantitative estimate of drug-likeness (QED) is 0.577. The molecular weight excluding hydrogens is 326 g/mol. The van der Waals surface area contributed by atoms with E-state index in [0.717, 1.165) is 24.5 Å². The van der Waals surface area contributed by atoms with Gasteiger partial charge in [0, 0.05) is 0 Å². The van der Waals surface area contributed by atoms with Gasteiger partial charge in [-0.1, -0.05) is 0 Å². The highest BCUT2D eigenvalue weighted by atomic mass is 32.2. The van der Waals surface area contributed by atoms with Gasteiger partial charge in [0.2, 0.25) is 10.0 Å². The first-order valence-corrected chi connectivity index (χ1v) is 7.68. The van der Waals surface area contributed by atoms with Crippen molar-refractivity contribution in [1.29, 1.82) is 0 Å². The van der Waals surface area contributed by atoms with E-state index in [2.05, 4.69) is 4.74 Å². The molecule has 0 fully saturated rings. The van der Waals surface area contributed by atoms with Crippen molar-refractivity contribution in [2.24, 2.45) is 0 Å². The van der Waals surface area contributed by atoms with E-state index >= 15 is 0 Å². The molecular formula is C10H11NO8S2. The minimum Gasteiger partial charge on any atom is -0.481 e. The predicted molar refractivity (Wildman–Crippen MR) is 69.7 cm³/mol. The maximum Gasteiger partial charge on any atom is 0.349 e. The summed E-state index contributed by atoms with van der Waals surface area (Å²) < 4.78 is 30.3. The topological polar surface area (TPSA) is 147 Å². The van der Waals surface area contributed by atoms with Gasteiger partial charge in [0.15, 0.2) is 0 Å². The van der Waals surface area contributed by atoms with Crippen LogP contribution in [-0.4, -0.2) is 49.7 Å². The first-order chi connectivity index (χ1) is 9.69. The van der Waals surface area contributed by atoms with Gasteiger partial charge >= 0.3 is 17.9 Å². The number of nitrogens with one attached hydrogen (secondary N) is 1. The first kappa shape index (κ1) is 17.1. The van der Waals surface area contributed by atoms with Crippen LogP contribution in [0, 0.1) is 0 Å². The third kappa shape index (κ3) is 4.24. The lowest BCUT2D eigenvalue weighted by Crippen LogP contribution is -2.42. The van der Waals surface area contributed by atoms with Gasteiger partial charge < -0.3 is 14.9 Å². The van der Waals surface area contributed by atoms with Gasteiger partial charge in [-0.25, -0.2) is 13.2 Å². The zero-order valence-corrected chi connectivity index (χ0v) is 12.2. The molecule has 11 heteroatoms. The maximum absolute atomic E-state index is 12.1. The molecule has 0 aromatic carbocycles. The molecule has 1 aromatic heterocycles. The van der Waals surface area contributed by atoms with Crippen molar-refractivity contribution >= 4 is 39.3 Å². The van der Waals surface area contributed by atoms with Crippen molar-refractivity contribution in [2.75, 3.05) is 7.11 Å². The number of sulfonamides is 1. The Morgan fingerprint density at radius 2 is 2.00 bits per heavy atom. The first-order valence-electron chi connectivity index (χ1n) is 5.31. The minimum absolute atomic E-state index is 0.232. The Balaban J connectivity index is 3.11.